The first kappa shape index (κ1) is 14.6. The Morgan fingerprint density at radius 1 is 1.32 bits per heavy atom. The molecule has 22 heavy (non-hydrogen) atoms. The summed E-state index contributed by atoms with van der Waals surface area (Å²) in [6.45, 7) is 0.760. The summed E-state index contributed by atoms with van der Waals surface area (Å²) in [5.74, 6) is 0.843. The zero-order valence-electron chi connectivity index (χ0n) is 12.3. The highest BCUT2D eigenvalue weighted by molar-refractivity contribution is 5.78. The second-order valence-electron chi connectivity index (χ2n) is 5.53. The molecule has 3 rings (SSSR count). The number of nitrogens with one attached hydrogen (secondary N) is 1. The van der Waals surface area contributed by atoms with Crippen LogP contribution in [0.3, 0.4) is 0 Å². The van der Waals surface area contributed by atoms with Crippen LogP contribution in [0.5, 0.6) is 0 Å². The van der Waals surface area contributed by atoms with Crippen LogP contribution in [0.4, 0.5) is 0 Å². The molecule has 1 saturated carbocycles. The van der Waals surface area contributed by atoms with Gasteiger partial charge in [-0.15, -0.1) is 0 Å². The van der Waals surface area contributed by atoms with Crippen molar-refractivity contribution in [2.75, 3.05) is 6.54 Å². The Bertz CT molecular complexity index is 685. The van der Waals surface area contributed by atoms with E-state index in [9.17, 15) is 9.59 Å². The highest BCUT2D eigenvalue weighted by Crippen LogP contribution is 2.24. The van der Waals surface area contributed by atoms with Crippen LogP contribution in [0.15, 0.2) is 39.7 Å². The lowest BCUT2D eigenvalue weighted by Crippen LogP contribution is -2.34. The lowest BCUT2D eigenvalue weighted by atomic mass is 10.1. The molecule has 0 aromatic carbocycles. The van der Waals surface area contributed by atoms with Gasteiger partial charge in [0, 0.05) is 18.5 Å². The zero-order valence-corrected chi connectivity index (χ0v) is 12.3. The summed E-state index contributed by atoms with van der Waals surface area (Å²) in [6.07, 6.45) is 5.76. The summed E-state index contributed by atoms with van der Waals surface area (Å²) in [5.41, 5.74) is 0.414. The van der Waals surface area contributed by atoms with Crippen LogP contribution in [0.2, 0.25) is 0 Å². The van der Waals surface area contributed by atoms with Crippen molar-refractivity contribution in [3.8, 4) is 11.5 Å². The van der Waals surface area contributed by atoms with Crippen LogP contribution in [-0.4, -0.2) is 22.2 Å². The minimum Gasteiger partial charge on any atom is -0.463 e. The maximum atomic E-state index is 11.9. The van der Waals surface area contributed by atoms with Gasteiger partial charge < -0.3 is 9.73 Å². The number of carbonyl (C=O) groups excluding carboxylic acids is 1. The molecule has 0 spiro atoms. The topological polar surface area (TPSA) is 77.1 Å². The highest BCUT2D eigenvalue weighted by Gasteiger charge is 2.22. The number of aromatic nitrogens is 2. The number of hydrogen-bond donors (Lipinski definition) is 1. The molecule has 1 aliphatic carbocycles. The van der Waals surface area contributed by atoms with Gasteiger partial charge in [-0.25, -0.2) is 4.68 Å². The van der Waals surface area contributed by atoms with Crippen molar-refractivity contribution in [1.82, 2.24) is 15.1 Å². The smallest absolute Gasteiger partial charge is 0.266 e. The van der Waals surface area contributed by atoms with E-state index in [0.717, 1.165) is 25.7 Å². The lowest BCUT2D eigenvalue weighted by Gasteiger charge is -2.11. The van der Waals surface area contributed by atoms with Crippen LogP contribution < -0.4 is 10.9 Å². The number of rotatable bonds is 5. The molecule has 1 aliphatic rings. The predicted molar refractivity (Wildman–Crippen MR) is 81.2 cm³/mol. The fraction of sp³-hybridized carbons (Fsp3) is 0.438. The highest BCUT2D eigenvalue weighted by atomic mass is 16.3. The molecule has 2 aromatic rings. The van der Waals surface area contributed by atoms with Crippen molar-refractivity contribution in [2.24, 2.45) is 5.92 Å². The minimum atomic E-state index is -0.189. The third-order valence-electron chi connectivity index (χ3n) is 3.99. The van der Waals surface area contributed by atoms with Gasteiger partial charge in [-0.1, -0.05) is 12.8 Å². The SMILES string of the molecule is O=C(NCCn1nc(-c2ccco2)ccc1=O)C1CCCC1. The minimum absolute atomic E-state index is 0.0905. The predicted octanol–water partition coefficient (Wildman–Crippen LogP) is 1.81. The summed E-state index contributed by atoms with van der Waals surface area (Å²) in [4.78, 5) is 23.8. The van der Waals surface area contributed by atoms with E-state index in [1.54, 1.807) is 24.5 Å². The Balaban J connectivity index is 1.61. The van der Waals surface area contributed by atoms with Crippen LogP contribution >= 0.6 is 0 Å². The zero-order chi connectivity index (χ0) is 15.4. The van der Waals surface area contributed by atoms with Crippen LogP contribution in [-0.2, 0) is 11.3 Å². The van der Waals surface area contributed by atoms with E-state index in [1.807, 2.05) is 0 Å². The Morgan fingerprint density at radius 2 is 2.14 bits per heavy atom. The molecule has 0 radical (unpaired) electrons. The van der Waals surface area contributed by atoms with Crippen LogP contribution in [0.25, 0.3) is 11.5 Å². The van der Waals surface area contributed by atoms with Gasteiger partial charge in [-0.2, -0.15) is 5.10 Å². The lowest BCUT2D eigenvalue weighted by molar-refractivity contribution is -0.124. The van der Waals surface area contributed by atoms with Crippen molar-refractivity contribution in [1.29, 1.82) is 0 Å². The maximum Gasteiger partial charge on any atom is 0.266 e. The number of hydrogen-bond acceptors (Lipinski definition) is 4. The molecular weight excluding hydrogens is 282 g/mol. The molecule has 1 amide bonds. The molecule has 0 saturated heterocycles. The second-order valence-corrected chi connectivity index (χ2v) is 5.53. The molecule has 1 N–H and O–H groups in total. The molecule has 6 nitrogen and oxygen atoms in total. The van der Waals surface area contributed by atoms with Crippen LogP contribution in [0.1, 0.15) is 25.7 Å². The maximum absolute atomic E-state index is 11.9. The van der Waals surface area contributed by atoms with E-state index in [4.69, 9.17) is 4.42 Å². The summed E-state index contributed by atoms with van der Waals surface area (Å²) < 4.78 is 6.63. The molecule has 0 unspecified atom stereocenters. The largest absolute Gasteiger partial charge is 0.463 e. The van der Waals surface area contributed by atoms with Crippen molar-refractivity contribution >= 4 is 5.91 Å². The van der Waals surface area contributed by atoms with E-state index in [-0.39, 0.29) is 17.4 Å². The van der Waals surface area contributed by atoms with Gasteiger partial charge in [-0.3, -0.25) is 9.59 Å². The Morgan fingerprint density at radius 3 is 2.86 bits per heavy atom. The van der Waals surface area contributed by atoms with Gasteiger partial charge in [0.15, 0.2) is 5.76 Å². The van der Waals surface area contributed by atoms with Gasteiger partial charge in [0.2, 0.25) is 5.91 Å². The molecule has 0 aliphatic heterocycles. The molecule has 1 fully saturated rings. The molecule has 0 atom stereocenters. The quantitative estimate of drug-likeness (QED) is 0.913. The van der Waals surface area contributed by atoms with Crippen LogP contribution in [0, 0.1) is 5.92 Å². The Labute approximate surface area is 128 Å². The van der Waals surface area contributed by atoms with Crippen molar-refractivity contribution < 1.29 is 9.21 Å². The molecule has 116 valence electrons. The fourth-order valence-corrected chi connectivity index (χ4v) is 2.78. The molecule has 6 heteroatoms. The van der Waals surface area contributed by atoms with Crippen molar-refractivity contribution in [2.45, 2.75) is 32.2 Å². The number of amides is 1. The van der Waals surface area contributed by atoms with E-state index in [0.29, 0.717) is 24.5 Å². The van der Waals surface area contributed by atoms with Crippen molar-refractivity contribution in [3.05, 3.63) is 40.9 Å². The summed E-state index contributed by atoms with van der Waals surface area (Å²) in [5, 5.41) is 7.16. The number of furan rings is 1. The average molecular weight is 301 g/mol. The van der Waals surface area contributed by atoms with E-state index < -0.39 is 0 Å². The van der Waals surface area contributed by atoms with E-state index in [1.165, 1.54) is 10.7 Å². The normalized spacial score (nSPS) is 15.1. The first-order valence-corrected chi connectivity index (χ1v) is 7.64. The monoisotopic (exact) mass is 301 g/mol. The Hall–Kier alpha value is -2.37. The van der Waals surface area contributed by atoms with Crippen molar-refractivity contribution in [3.63, 3.8) is 0 Å². The molecule has 0 bridgehead atoms. The number of carbonyl (C=O) groups is 1. The Kier molecular flexibility index (Phi) is 4.37. The van der Waals surface area contributed by atoms with E-state index in [2.05, 4.69) is 10.4 Å². The molecule has 2 heterocycles. The summed E-state index contributed by atoms with van der Waals surface area (Å²) in [7, 11) is 0. The van der Waals surface area contributed by atoms with Gasteiger partial charge in [0.25, 0.3) is 5.56 Å². The average Bonchev–Trinajstić information content (AvgIpc) is 3.22. The summed E-state index contributed by atoms with van der Waals surface area (Å²) in [6, 6.07) is 6.66. The standard InChI is InChI=1S/C16H19N3O3/c20-15-8-7-13(14-6-3-11-22-14)18-19(15)10-9-17-16(21)12-4-1-2-5-12/h3,6-8,11-12H,1-2,4-5,9-10H2,(H,17,21). The third-order valence-corrected chi connectivity index (χ3v) is 3.99. The third kappa shape index (κ3) is 3.27. The van der Waals surface area contributed by atoms with Gasteiger partial charge in [0.05, 0.1) is 12.8 Å². The first-order valence-electron chi connectivity index (χ1n) is 7.64. The first-order chi connectivity index (χ1) is 10.7. The molecular formula is C16H19N3O3. The summed E-state index contributed by atoms with van der Waals surface area (Å²) >= 11 is 0. The van der Waals surface area contributed by atoms with Gasteiger partial charge >= 0.3 is 0 Å². The van der Waals surface area contributed by atoms with Gasteiger partial charge in [0.1, 0.15) is 5.69 Å². The number of nitrogens with zero attached hydrogens (tertiary/aromatic N) is 2. The second kappa shape index (κ2) is 6.60. The van der Waals surface area contributed by atoms with E-state index >= 15 is 0 Å². The molecule has 2 aromatic heterocycles. The van der Waals surface area contributed by atoms with Gasteiger partial charge in [-0.05, 0) is 31.0 Å². The fourth-order valence-electron chi connectivity index (χ4n) is 2.78.